The molecule has 0 fully saturated rings. The molecule has 1 N–H and O–H groups in total. The third-order valence-electron chi connectivity index (χ3n) is 5.20. The van der Waals surface area contributed by atoms with E-state index in [-0.39, 0.29) is 16.7 Å². The number of anilines is 2. The summed E-state index contributed by atoms with van der Waals surface area (Å²) < 4.78 is 10.6. The number of imide groups is 1. The van der Waals surface area contributed by atoms with Crippen molar-refractivity contribution in [2.75, 3.05) is 17.3 Å². The Morgan fingerprint density at radius 1 is 0.919 bits per heavy atom. The number of halogens is 2. The molecule has 37 heavy (non-hydrogen) atoms. The van der Waals surface area contributed by atoms with E-state index in [1.54, 1.807) is 56.3 Å². The molecule has 0 saturated heterocycles. The highest BCUT2D eigenvalue weighted by atomic mass is 35.5. The molecule has 1 aliphatic rings. The van der Waals surface area contributed by atoms with Gasteiger partial charge < -0.3 is 14.8 Å². The Labute approximate surface area is 228 Å². The number of nitrogens with one attached hydrogen (secondary N) is 1. The highest BCUT2D eigenvalue weighted by Gasteiger charge is 2.40. The number of carbonyl (C=O) groups is 3. The monoisotopic (exact) mass is 556 g/mol. The van der Waals surface area contributed by atoms with E-state index in [1.807, 2.05) is 0 Å². The summed E-state index contributed by atoms with van der Waals surface area (Å²) in [6, 6.07) is 17.9. The molecular formula is C27H22Cl2N2O5S. The van der Waals surface area contributed by atoms with Crippen molar-refractivity contribution in [1.82, 2.24) is 0 Å². The van der Waals surface area contributed by atoms with E-state index in [2.05, 4.69) is 5.32 Å². The third kappa shape index (κ3) is 5.93. The Morgan fingerprint density at radius 3 is 2.19 bits per heavy atom. The number of thioether (sulfide) groups is 1. The van der Waals surface area contributed by atoms with E-state index < -0.39 is 17.8 Å². The molecule has 1 heterocycles. The summed E-state index contributed by atoms with van der Waals surface area (Å²) >= 11 is 13.3. The fourth-order valence-electron chi connectivity index (χ4n) is 3.51. The van der Waals surface area contributed by atoms with Gasteiger partial charge in [0.2, 0.25) is 0 Å². The van der Waals surface area contributed by atoms with Gasteiger partial charge in [-0.1, -0.05) is 35.0 Å². The Balaban J connectivity index is 1.71. The van der Waals surface area contributed by atoms with Gasteiger partial charge >= 0.3 is 5.97 Å². The third-order valence-corrected chi connectivity index (χ3v) is 6.78. The molecule has 1 aliphatic heterocycles. The first-order chi connectivity index (χ1) is 17.7. The van der Waals surface area contributed by atoms with Gasteiger partial charge in [0, 0.05) is 14.9 Å². The predicted octanol–water partition coefficient (Wildman–Crippen LogP) is 6.56. The summed E-state index contributed by atoms with van der Waals surface area (Å²) in [4.78, 5) is 41.4. The summed E-state index contributed by atoms with van der Waals surface area (Å²) in [7, 11) is 1.49. The highest BCUT2D eigenvalue weighted by molar-refractivity contribution is 8.04. The predicted molar refractivity (Wildman–Crippen MR) is 145 cm³/mol. The summed E-state index contributed by atoms with van der Waals surface area (Å²) in [5, 5.41) is 4.02. The van der Waals surface area contributed by atoms with Gasteiger partial charge in [-0.2, -0.15) is 0 Å². The van der Waals surface area contributed by atoms with Crippen molar-refractivity contribution in [2.24, 2.45) is 0 Å². The van der Waals surface area contributed by atoms with Crippen LogP contribution < -0.4 is 15.0 Å². The maximum atomic E-state index is 13.6. The Hall–Kier alpha value is -3.46. The van der Waals surface area contributed by atoms with Crippen LogP contribution in [0.3, 0.4) is 0 Å². The smallest absolute Gasteiger partial charge is 0.338 e. The van der Waals surface area contributed by atoms with Crippen LogP contribution in [0.1, 0.15) is 24.2 Å². The lowest BCUT2D eigenvalue weighted by molar-refractivity contribution is -0.120. The van der Waals surface area contributed by atoms with E-state index >= 15 is 0 Å². The second-order valence-corrected chi connectivity index (χ2v) is 10.1. The number of rotatable bonds is 8. The first-order valence-electron chi connectivity index (χ1n) is 11.2. The molecule has 0 aromatic heterocycles. The molecule has 0 spiro atoms. The first-order valence-corrected chi connectivity index (χ1v) is 12.7. The standard InChI is InChI=1S/C27H22Cl2N2O5S/c1-15(2)36-27(34)16-4-9-19(10-5-16)31-25(32)23(30-21-14-18(29)8-13-22(21)35-3)24(26(31)33)37-20-11-6-17(28)7-12-20/h4-15,30H,1-3H3. The van der Waals surface area contributed by atoms with E-state index in [1.165, 1.54) is 31.4 Å². The number of hydrogen-bond donors (Lipinski definition) is 1. The van der Waals surface area contributed by atoms with Crippen LogP contribution in [0.4, 0.5) is 11.4 Å². The lowest BCUT2D eigenvalue weighted by Gasteiger charge is -2.16. The van der Waals surface area contributed by atoms with Crippen molar-refractivity contribution in [1.29, 1.82) is 0 Å². The van der Waals surface area contributed by atoms with Gasteiger partial charge in [0.05, 0.1) is 30.2 Å². The number of benzene rings is 3. The molecule has 190 valence electrons. The zero-order chi connectivity index (χ0) is 26.7. The molecule has 10 heteroatoms. The first kappa shape index (κ1) is 26.6. The summed E-state index contributed by atoms with van der Waals surface area (Å²) in [5.41, 5.74) is 1.10. The van der Waals surface area contributed by atoms with Gasteiger partial charge in [0.15, 0.2) is 0 Å². The van der Waals surface area contributed by atoms with E-state index in [9.17, 15) is 14.4 Å². The fourth-order valence-corrected chi connectivity index (χ4v) is 4.74. The Kier molecular flexibility index (Phi) is 8.12. The summed E-state index contributed by atoms with van der Waals surface area (Å²) in [5.74, 6) is -1.14. The van der Waals surface area contributed by atoms with Crippen LogP contribution in [0.25, 0.3) is 0 Å². The van der Waals surface area contributed by atoms with Crippen LogP contribution in [0.15, 0.2) is 82.2 Å². The molecule has 0 aliphatic carbocycles. The van der Waals surface area contributed by atoms with Crippen LogP contribution >= 0.6 is 35.0 Å². The normalized spacial score (nSPS) is 13.4. The van der Waals surface area contributed by atoms with Crippen molar-refractivity contribution in [2.45, 2.75) is 24.8 Å². The van der Waals surface area contributed by atoms with Crippen LogP contribution in [0, 0.1) is 0 Å². The molecule has 0 radical (unpaired) electrons. The maximum Gasteiger partial charge on any atom is 0.338 e. The quantitative estimate of drug-likeness (QED) is 0.248. The zero-order valence-corrected chi connectivity index (χ0v) is 22.4. The molecule has 3 aromatic carbocycles. The van der Waals surface area contributed by atoms with Crippen LogP contribution in [0.2, 0.25) is 10.0 Å². The van der Waals surface area contributed by atoms with Crippen molar-refractivity contribution >= 4 is 64.1 Å². The highest BCUT2D eigenvalue weighted by Crippen LogP contribution is 2.39. The van der Waals surface area contributed by atoms with Gasteiger partial charge in [0.1, 0.15) is 16.4 Å². The van der Waals surface area contributed by atoms with E-state index in [4.69, 9.17) is 32.7 Å². The minimum absolute atomic E-state index is 0.0637. The average Bonchev–Trinajstić information content (AvgIpc) is 3.09. The number of ether oxygens (including phenoxy) is 2. The fraction of sp³-hybridized carbons (Fsp3) is 0.148. The largest absolute Gasteiger partial charge is 0.495 e. The molecule has 0 unspecified atom stereocenters. The van der Waals surface area contributed by atoms with Crippen LogP contribution in [0.5, 0.6) is 5.75 Å². The van der Waals surface area contributed by atoms with Gasteiger partial charge in [0.25, 0.3) is 11.8 Å². The number of hydrogen-bond acceptors (Lipinski definition) is 7. The minimum Gasteiger partial charge on any atom is -0.495 e. The summed E-state index contributed by atoms with van der Waals surface area (Å²) in [6.07, 6.45) is -0.275. The minimum atomic E-state index is -0.569. The number of methoxy groups -OCH3 is 1. The Morgan fingerprint density at radius 2 is 1.57 bits per heavy atom. The second kappa shape index (κ2) is 11.3. The molecule has 0 bridgehead atoms. The number of esters is 1. The molecule has 2 amide bonds. The molecular weight excluding hydrogens is 535 g/mol. The van der Waals surface area contributed by atoms with E-state index in [0.29, 0.717) is 37.6 Å². The second-order valence-electron chi connectivity index (χ2n) is 8.18. The van der Waals surface area contributed by atoms with Crippen molar-refractivity contribution in [3.05, 3.63) is 92.9 Å². The van der Waals surface area contributed by atoms with Crippen molar-refractivity contribution in [3.63, 3.8) is 0 Å². The lowest BCUT2D eigenvalue weighted by atomic mass is 10.2. The van der Waals surface area contributed by atoms with Gasteiger partial charge in [-0.25, -0.2) is 9.69 Å². The lowest BCUT2D eigenvalue weighted by Crippen LogP contribution is -2.32. The SMILES string of the molecule is COc1ccc(Cl)cc1NC1=C(Sc2ccc(Cl)cc2)C(=O)N(c2ccc(C(=O)OC(C)C)cc2)C1=O. The molecule has 0 atom stereocenters. The van der Waals surface area contributed by atoms with Gasteiger partial charge in [-0.15, -0.1) is 0 Å². The van der Waals surface area contributed by atoms with E-state index in [0.717, 1.165) is 16.7 Å². The number of carbonyl (C=O) groups excluding carboxylic acids is 3. The Bertz CT molecular complexity index is 1390. The number of amides is 2. The summed E-state index contributed by atoms with van der Waals surface area (Å²) in [6.45, 7) is 3.51. The van der Waals surface area contributed by atoms with Crippen molar-refractivity contribution in [3.8, 4) is 5.75 Å². The maximum absolute atomic E-state index is 13.6. The van der Waals surface area contributed by atoms with Crippen molar-refractivity contribution < 1.29 is 23.9 Å². The average molecular weight is 557 g/mol. The molecule has 3 aromatic rings. The topological polar surface area (TPSA) is 84.9 Å². The molecule has 0 saturated carbocycles. The number of nitrogens with zero attached hydrogens (tertiary/aromatic N) is 1. The van der Waals surface area contributed by atoms with Gasteiger partial charge in [-0.3, -0.25) is 9.59 Å². The van der Waals surface area contributed by atoms with Gasteiger partial charge in [-0.05, 0) is 80.6 Å². The van der Waals surface area contributed by atoms with Crippen LogP contribution in [-0.4, -0.2) is 31.0 Å². The molecule has 7 nitrogen and oxygen atoms in total. The molecule has 4 rings (SSSR count). The zero-order valence-electron chi connectivity index (χ0n) is 20.1. The van der Waals surface area contributed by atoms with Crippen LogP contribution in [-0.2, 0) is 14.3 Å².